The first-order chi connectivity index (χ1) is 9.24. The number of anilines is 1. The molecule has 19 heavy (non-hydrogen) atoms. The highest BCUT2D eigenvalue weighted by atomic mass is 32.1. The van der Waals surface area contributed by atoms with Gasteiger partial charge in [-0.05, 0) is 36.8 Å². The Kier molecular flexibility index (Phi) is 4.64. The summed E-state index contributed by atoms with van der Waals surface area (Å²) in [5, 5.41) is 7.61. The van der Waals surface area contributed by atoms with Crippen LogP contribution < -0.4 is 10.7 Å². The Morgan fingerprint density at radius 1 is 1.05 bits per heavy atom. The summed E-state index contributed by atoms with van der Waals surface area (Å²) in [7, 11) is 0. The minimum atomic E-state index is 0.469. The Hall–Kier alpha value is -2.20. The number of hydrogen-bond acceptors (Lipinski definition) is 2. The summed E-state index contributed by atoms with van der Waals surface area (Å²) in [5.41, 5.74) is 5.96. The summed E-state index contributed by atoms with van der Waals surface area (Å²) in [5.74, 6) is 0. The van der Waals surface area contributed by atoms with E-state index in [1.807, 2.05) is 61.5 Å². The van der Waals surface area contributed by atoms with Crippen LogP contribution in [0.15, 0.2) is 59.7 Å². The number of benzene rings is 2. The number of rotatable bonds is 3. The third-order valence-corrected chi connectivity index (χ3v) is 2.68. The molecular formula is C15H15N3S. The SMILES string of the molecule is Cc1ccc(NC(=S)N/N=C\c2ccccc2)cc1. The lowest BCUT2D eigenvalue weighted by Crippen LogP contribution is -2.23. The lowest BCUT2D eigenvalue weighted by molar-refractivity contribution is 1.05. The third kappa shape index (κ3) is 4.52. The van der Waals surface area contributed by atoms with Crippen molar-refractivity contribution in [2.45, 2.75) is 6.92 Å². The number of hydrogen-bond donors (Lipinski definition) is 2. The van der Waals surface area contributed by atoms with Crippen molar-refractivity contribution in [3.8, 4) is 0 Å². The van der Waals surface area contributed by atoms with Gasteiger partial charge in [0.1, 0.15) is 0 Å². The Morgan fingerprint density at radius 2 is 1.74 bits per heavy atom. The predicted molar refractivity (Wildman–Crippen MR) is 84.6 cm³/mol. The Bertz CT molecular complexity index is 562. The lowest BCUT2D eigenvalue weighted by atomic mass is 10.2. The molecule has 4 heteroatoms. The number of hydrazone groups is 1. The van der Waals surface area contributed by atoms with Gasteiger partial charge < -0.3 is 5.32 Å². The molecule has 0 atom stereocenters. The second-order valence-electron chi connectivity index (χ2n) is 4.10. The molecule has 96 valence electrons. The van der Waals surface area contributed by atoms with Gasteiger partial charge in [-0.3, -0.25) is 5.43 Å². The van der Waals surface area contributed by atoms with E-state index in [1.165, 1.54) is 5.56 Å². The molecule has 0 saturated carbocycles. The van der Waals surface area contributed by atoms with Crippen molar-refractivity contribution in [2.75, 3.05) is 5.32 Å². The summed E-state index contributed by atoms with van der Waals surface area (Å²) in [6.45, 7) is 2.05. The molecule has 2 aromatic rings. The molecule has 0 heterocycles. The number of nitrogens with zero attached hydrogens (tertiary/aromatic N) is 1. The zero-order valence-corrected chi connectivity index (χ0v) is 11.4. The molecule has 0 amide bonds. The molecule has 0 bridgehead atoms. The molecule has 0 aliphatic carbocycles. The van der Waals surface area contributed by atoms with E-state index in [0.717, 1.165) is 11.3 Å². The van der Waals surface area contributed by atoms with Crippen molar-refractivity contribution in [3.63, 3.8) is 0 Å². The number of thiocarbonyl (C=S) groups is 1. The van der Waals surface area contributed by atoms with Crippen LogP contribution in [0.25, 0.3) is 0 Å². The molecule has 0 aliphatic rings. The molecule has 0 unspecified atom stereocenters. The zero-order valence-electron chi connectivity index (χ0n) is 10.6. The molecule has 0 spiro atoms. The normalized spacial score (nSPS) is 10.4. The van der Waals surface area contributed by atoms with Crippen LogP contribution in [0, 0.1) is 6.92 Å². The minimum absolute atomic E-state index is 0.469. The van der Waals surface area contributed by atoms with Gasteiger partial charge in [0.25, 0.3) is 0 Å². The minimum Gasteiger partial charge on any atom is -0.331 e. The van der Waals surface area contributed by atoms with Crippen molar-refractivity contribution >= 4 is 29.2 Å². The predicted octanol–water partition coefficient (Wildman–Crippen LogP) is 3.32. The summed E-state index contributed by atoms with van der Waals surface area (Å²) in [6.07, 6.45) is 1.73. The van der Waals surface area contributed by atoms with Gasteiger partial charge in [-0.15, -0.1) is 0 Å². The smallest absolute Gasteiger partial charge is 0.191 e. The van der Waals surface area contributed by atoms with Crippen molar-refractivity contribution in [3.05, 3.63) is 65.7 Å². The van der Waals surface area contributed by atoms with Gasteiger partial charge in [-0.2, -0.15) is 5.10 Å². The second kappa shape index (κ2) is 6.66. The molecule has 2 aromatic carbocycles. The number of aryl methyl sites for hydroxylation is 1. The fourth-order valence-corrected chi connectivity index (χ4v) is 1.67. The molecule has 0 saturated heterocycles. The van der Waals surface area contributed by atoms with Crippen LogP contribution in [-0.4, -0.2) is 11.3 Å². The molecule has 0 fully saturated rings. The van der Waals surface area contributed by atoms with Crippen molar-refractivity contribution in [2.24, 2.45) is 5.10 Å². The van der Waals surface area contributed by atoms with Crippen LogP contribution in [0.2, 0.25) is 0 Å². The summed E-state index contributed by atoms with van der Waals surface area (Å²) in [4.78, 5) is 0. The van der Waals surface area contributed by atoms with E-state index in [4.69, 9.17) is 12.2 Å². The number of nitrogens with one attached hydrogen (secondary N) is 2. The maximum absolute atomic E-state index is 5.15. The van der Waals surface area contributed by atoms with Crippen LogP contribution in [0.1, 0.15) is 11.1 Å². The average Bonchev–Trinajstić information content (AvgIpc) is 2.43. The fraction of sp³-hybridized carbons (Fsp3) is 0.0667. The molecule has 3 nitrogen and oxygen atoms in total. The van der Waals surface area contributed by atoms with Crippen LogP contribution in [0.5, 0.6) is 0 Å². The monoisotopic (exact) mass is 269 g/mol. The molecule has 2 rings (SSSR count). The van der Waals surface area contributed by atoms with Crippen molar-refractivity contribution in [1.29, 1.82) is 0 Å². The maximum atomic E-state index is 5.15. The van der Waals surface area contributed by atoms with Crippen molar-refractivity contribution < 1.29 is 0 Å². The topological polar surface area (TPSA) is 36.4 Å². The zero-order chi connectivity index (χ0) is 13.5. The van der Waals surface area contributed by atoms with Crippen LogP contribution in [0.3, 0.4) is 0 Å². The van der Waals surface area contributed by atoms with E-state index >= 15 is 0 Å². The Balaban J connectivity index is 1.85. The maximum Gasteiger partial charge on any atom is 0.191 e. The second-order valence-corrected chi connectivity index (χ2v) is 4.51. The first-order valence-electron chi connectivity index (χ1n) is 5.96. The highest BCUT2D eigenvalue weighted by Gasteiger charge is 1.95. The van der Waals surface area contributed by atoms with E-state index in [2.05, 4.69) is 15.8 Å². The Labute approximate surface area is 118 Å². The van der Waals surface area contributed by atoms with E-state index < -0.39 is 0 Å². The Morgan fingerprint density at radius 3 is 2.42 bits per heavy atom. The van der Waals surface area contributed by atoms with Crippen LogP contribution in [0.4, 0.5) is 5.69 Å². The molecular weight excluding hydrogens is 254 g/mol. The average molecular weight is 269 g/mol. The molecule has 0 radical (unpaired) electrons. The molecule has 0 aliphatic heterocycles. The van der Waals surface area contributed by atoms with E-state index in [0.29, 0.717) is 5.11 Å². The summed E-state index contributed by atoms with van der Waals surface area (Å²) >= 11 is 5.15. The first kappa shape index (κ1) is 13.2. The van der Waals surface area contributed by atoms with Gasteiger partial charge in [0.05, 0.1) is 6.21 Å². The van der Waals surface area contributed by atoms with Gasteiger partial charge in [0.15, 0.2) is 5.11 Å². The summed E-state index contributed by atoms with van der Waals surface area (Å²) in [6, 6.07) is 17.8. The third-order valence-electron chi connectivity index (χ3n) is 2.49. The van der Waals surface area contributed by atoms with Crippen LogP contribution in [-0.2, 0) is 0 Å². The quantitative estimate of drug-likeness (QED) is 0.510. The molecule has 0 aromatic heterocycles. The highest BCUT2D eigenvalue weighted by Crippen LogP contribution is 2.08. The van der Waals surface area contributed by atoms with Gasteiger partial charge in [-0.1, -0.05) is 48.0 Å². The van der Waals surface area contributed by atoms with E-state index in [1.54, 1.807) is 6.21 Å². The van der Waals surface area contributed by atoms with Crippen LogP contribution >= 0.6 is 12.2 Å². The van der Waals surface area contributed by atoms with E-state index in [9.17, 15) is 0 Å². The van der Waals surface area contributed by atoms with Gasteiger partial charge in [0, 0.05) is 5.69 Å². The van der Waals surface area contributed by atoms with E-state index in [-0.39, 0.29) is 0 Å². The fourth-order valence-electron chi connectivity index (χ4n) is 1.50. The molecule has 2 N–H and O–H groups in total. The van der Waals surface area contributed by atoms with Gasteiger partial charge in [-0.25, -0.2) is 0 Å². The van der Waals surface area contributed by atoms with Gasteiger partial charge >= 0.3 is 0 Å². The van der Waals surface area contributed by atoms with Crippen molar-refractivity contribution in [1.82, 2.24) is 5.43 Å². The largest absolute Gasteiger partial charge is 0.331 e. The van der Waals surface area contributed by atoms with Gasteiger partial charge in [0.2, 0.25) is 0 Å². The first-order valence-corrected chi connectivity index (χ1v) is 6.36. The summed E-state index contributed by atoms with van der Waals surface area (Å²) < 4.78 is 0. The highest BCUT2D eigenvalue weighted by molar-refractivity contribution is 7.80. The standard InChI is InChI=1S/C15H15N3S/c1-12-7-9-14(10-8-12)17-15(19)18-16-11-13-5-3-2-4-6-13/h2-11H,1H3,(H2,17,18,19)/b16-11-. The lowest BCUT2D eigenvalue weighted by Gasteiger charge is -2.06.